The Bertz CT molecular complexity index is 187. The predicted octanol–water partition coefficient (Wildman–Crippen LogP) is 2.88. The van der Waals surface area contributed by atoms with Crippen molar-refractivity contribution in [1.29, 1.82) is 0 Å². The van der Waals surface area contributed by atoms with Gasteiger partial charge < -0.3 is 5.11 Å². The van der Waals surface area contributed by atoms with Gasteiger partial charge in [-0.1, -0.05) is 40.4 Å². The van der Waals surface area contributed by atoms with E-state index in [1.165, 1.54) is 0 Å². The van der Waals surface area contributed by atoms with Crippen LogP contribution in [0.3, 0.4) is 0 Å². The van der Waals surface area contributed by atoms with E-state index in [-0.39, 0.29) is 11.0 Å². The molecule has 0 heterocycles. The van der Waals surface area contributed by atoms with Crippen LogP contribution in [0.1, 0.15) is 27.2 Å². The van der Waals surface area contributed by atoms with Crippen molar-refractivity contribution in [3.8, 4) is 0 Å². The van der Waals surface area contributed by atoms with Gasteiger partial charge in [-0.3, -0.25) is 0 Å². The quantitative estimate of drug-likeness (QED) is 0.624. The van der Waals surface area contributed by atoms with E-state index in [4.69, 9.17) is 0 Å². The Morgan fingerprint density at radius 2 is 1.67 bits per heavy atom. The molecule has 0 amide bonds. The fourth-order valence-corrected chi connectivity index (χ4v) is 4.89. The molecule has 1 N–H and O–H groups in total. The van der Waals surface area contributed by atoms with Gasteiger partial charge in [-0.05, 0) is 17.4 Å². The zero-order valence-electron chi connectivity index (χ0n) is 9.23. The smallest absolute Gasteiger partial charge is 0.0702 e. The maximum absolute atomic E-state index is 10.3. The van der Waals surface area contributed by atoms with Crippen LogP contribution in [0, 0.1) is 5.41 Å². The Kier molecular flexibility index (Phi) is 2.01. The first-order valence-electron chi connectivity index (χ1n) is 4.81. The molecule has 1 saturated carbocycles. The average molecular weight is 186 g/mol. The first-order chi connectivity index (χ1) is 5.09. The van der Waals surface area contributed by atoms with Crippen LogP contribution in [0.2, 0.25) is 25.2 Å². The highest BCUT2D eigenvalue weighted by Gasteiger charge is 2.64. The molecule has 2 atom stereocenters. The lowest BCUT2D eigenvalue weighted by Crippen LogP contribution is -2.35. The third kappa shape index (κ3) is 1.47. The third-order valence-corrected chi connectivity index (χ3v) is 6.05. The summed E-state index contributed by atoms with van der Waals surface area (Å²) in [6.45, 7) is 13.5. The Balaban J connectivity index is 2.73. The molecular formula is C10H22OSi. The molecule has 1 aliphatic rings. The molecule has 0 saturated heterocycles. The first kappa shape index (κ1) is 10.3. The lowest BCUT2D eigenvalue weighted by molar-refractivity contribution is 0.0368. The highest BCUT2D eigenvalue weighted by atomic mass is 28.3. The maximum Gasteiger partial charge on any atom is 0.0702 e. The molecule has 1 rings (SSSR count). The van der Waals surface area contributed by atoms with E-state index in [0.717, 1.165) is 6.42 Å². The van der Waals surface area contributed by atoms with Crippen molar-refractivity contribution in [3.05, 3.63) is 0 Å². The minimum atomic E-state index is -1.12. The molecule has 0 bridgehead atoms. The van der Waals surface area contributed by atoms with Crippen LogP contribution in [0.5, 0.6) is 0 Å². The molecular weight excluding hydrogens is 164 g/mol. The number of hydrogen-bond donors (Lipinski definition) is 1. The predicted molar refractivity (Wildman–Crippen MR) is 56.1 cm³/mol. The summed E-state index contributed by atoms with van der Waals surface area (Å²) >= 11 is 0. The van der Waals surface area contributed by atoms with Crippen molar-refractivity contribution >= 4 is 8.07 Å². The van der Waals surface area contributed by atoms with Crippen molar-refractivity contribution in [2.45, 2.75) is 58.0 Å². The monoisotopic (exact) mass is 186 g/mol. The summed E-state index contributed by atoms with van der Waals surface area (Å²) in [5, 5.41) is 10.3. The molecule has 0 unspecified atom stereocenters. The van der Waals surface area contributed by atoms with E-state index >= 15 is 0 Å². The third-order valence-electron chi connectivity index (χ3n) is 3.28. The largest absolute Gasteiger partial charge is 0.389 e. The van der Waals surface area contributed by atoms with E-state index in [1.807, 2.05) is 0 Å². The molecule has 0 aromatic heterocycles. The van der Waals surface area contributed by atoms with Gasteiger partial charge in [-0.25, -0.2) is 0 Å². The summed E-state index contributed by atoms with van der Waals surface area (Å²) < 4.78 is 0. The van der Waals surface area contributed by atoms with Gasteiger partial charge in [0.2, 0.25) is 0 Å². The van der Waals surface area contributed by atoms with Crippen LogP contribution in [0.4, 0.5) is 0 Å². The molecule has 1 fully saturated rings. The fourth-order valence-electron chi connectivity index (χ4n) is 2.10. The standard InChI is InChI=1S/C10H22OSi/c1-9(2,3)10(11)7-8(10)12(4,5)6/h8,11H,7H2,1-6H3/t8-,10+/m0/s1. The molecule has 0 aromatic carbocycles. The molecule has 72 valence electrons. The zero-order valence-corrected chi connectivity index (χ0v) is 10.2. The maximum atomic E-state index is 10.3. The first-order valence-corrected chi connectivity index (χ1v) is 8.39. The Morgan fingerprint density at radius 1 is 1.25 bits per heavy atom. The van der Waals surface area contributed by atoms with Crippen molar-refractivity contribution in [2.24, 2.45) is 5.41 Å². The van der Waals surface area contributed by atoms with E-state index < -0.39 is 8.07 Å². The summed E-state index contributed by atoms with van der Waals surface area (Å²) in [6.07, 6.45) is 1.03. The van der Waals surface area contributed by atoms with Crippen LogP contribution in [0.15, 0.2) is 0 Å². The van der Waals surface area contributed by atoms with Crippen LogP contribution in [-0.4, -0.2) is 18.8 Å². The minimum absolute atomic E-state index is 0.0674. The highest BCUT2D eigenvalue weighted by Crippen LogP contribution is 2.63. The number of hydrogen-bond acceptors (Lipinski definition) is 1. The van der Waals surface area contributed by atoms with Gasteiger partial charge in [-0.15, -0.1) is 0 Å². The van der Waals surface area contributed by atoms with Crippen LogP contribution >= 0.6 is 0 Å². The van der Waals surface area contributed by atoms with Crippen LogP contribution in [-0.2, 0) is 0 Å². The van der Waals surface area contributed by atoms with Crippen LogP contribution < -0.4 is 0 Å². The average Bonchev–Trinajstić information content (AvgIpc) is 2.38. The van der Waals surface area contributed by atoms with Gasteiger partial charge in [-0.2, -0.15) is 0 Å². The van der Waals surface area contributed by atoms with Crippen LogP contribution in [0.25, 0.3) is 0 Å². The Morgan fingerprint density at radius 3 is 1.75 bits per heavy atom. The van der Waals surface area contributed by atoms with Gasteiger partial charge in [0.1, 0.15) is 0 Å². The molecule has 12 heavy (non-hydrogen) atoms. The minimum Gasteiger partial charge on any atom is -0.389 e. The number of rotatable bonds is 1. The normalized spacial score (nSPS) is 36.8. The lowest BCUT2D eigenvalue weighted by Gasteiger charge is -2.30. The fraction of sp³-hybridized carbons (Fsp3) is 1.00. The van der Waals surface area contributed by atoms with Gasteiger partial charge in [0.25, 0.3) is 0 Å². The Labute approximate surface area is 77.2 Å². The van der Waals surface area contributed by atoms with Gasteiger partial charge in [0.05, 0.1) is 13.7 Å². The summed E-state index contributed by atoms with van der Waals surface area (Å²) in [6, 6.07) is 0. The summed E-state index contributed by atoms with van der Waals surface area (Å²) in [4.78, 5) is 0. The van der Waals surface area contributed by atoms with Gasteiger partial charge in [0, 0.05) is 0 Å². The second-order valence-electron chi connectivity index (χ2n) is 6.30. The van der Waals surface area contributed by atoms with E-state index in [9.17, 15) is 5.11 Å². The van der Waals surface area contributed by atoms with E-state index in [2.05, 4.69) is 40.4 Å². The SMILES string of the molecule is CC(C)(C)[C@@]1(O)C[C@@H]1[Si](C)(C)C. The molecule has 1 aliphatic carbocycles. The molecule has 0 radical (unpaired) electrons. The molecule has 2 heteroatoms. The van der Waals surface area contributed by atoms with Gasteiger partial charge >= 0.3 is 0 Å². The molecule has 1 nitrogen and oxygen atoms in total. The second kappa shape index (κ2) is 2.35. The van der Waals surface area contributed by atoms with Crippen molar-refractivity contribution in [2.75, 3.05) is 0 Å². The van der Waals surface area contributed by atoms with Gasteiger partial charge in [0.15, 0.2) is 0 Å². The second-order valence-corrected chi connectivity index (χ2v) is 11.7. The zero-order chi connectivity index (χ0) is 9.78. The molecule has 0 aliphatic heterocycles. The highest BCUT2D eigenvalue weighted by molar-refractivity contribution is 6.78. The summed E-state index contributed by atoms with van der Waals surface area (Å²) in [5.41, 5.74) is 0.333. The van der Waals surface area contributed by atoms with Crippen molar-refractivity contribution in [3.63, 3.8) is 0 Å². The molecule has 0 spiro atoms. The summed E-state index contributed by atoms with van der Waals surface area (Å²) in [7, 11) is -1.12. The van der Waals surface area contributed by atoms with E-state index in [1.54, 1.807) is 0 Å². The molecule has 0 aromatic rings. The topological polar surface area (TPSA) is 20.2 Å². The van der Waals surface area contributed by atoms with Crippen molar-refractivity contribution < 1.29 is 5.11 Å². The Hall–Kier alpha value is 0.177. The number of aliphatic hydroxyl groups is 1. The van der Waals surface area contributed by atoms with Crippen molar-refractivity contribution in [1.82, 2.24) is 0 Å². The van der Waals surface area contributed by atoms with E-state index in [0.29, 0.717) is 5.54 Å². The summed E-state index contributed by atoms with van der Waals surface area (Å²) in [5.74, 6) is 0. The lowest BCUT2D eigenvalue weighted by atomic mass is 9.87.